The Bertz CT molecular complexity index is 426. The Labute approximate surface area is 111 Å². The van der Waals surface area contributed by atoms with Gasteiger partial charge >= 0.3 is 0 Å². The number of ether oxygens (including phenoxy) is 2. The average molecular weight is 298 g/mol. The molecular weight excluding hydrogens is 282 g/mol. The highest BCUT2D eigenvalue weighted by atomic mass is 79.9. The summed E-state index contributed by atoms with van der Waals surface area (Å²) in [7, 11) is 3.23. The Morgan fingerprint density at radius 3 is 2.65 bits per heavy atom. The van der Waals surface area contributed by atoms with Crippen molar-refractivity contribution in [3.63, 3.8) is 0 Å². The molecule has 0 fully saturated rings. The van der Waals surface area contributed by atoms with Crippen molar-refractivity contribution in [1.29, 1.82) is 0 Å². The van der Waals surface area contributed by atoms with Crippen molar-refractivity contribution in [2.75, 3.05) is 14.2 Å². The summed E-state index contributed by atoms with van der Waals surface area (Å²) in [4.78, 5) is 0. The number of nitrogens with one attached hydrogen (secondary N) is 1. The summed E-state index contributed by atoms with van der Waals surface area (Å²) >= 11 is 3.45. The van der Waals surface area contributed by atoms with Crippen LogP contribution in [0.3, 0.4) is 0 Å². The molecule has 1 aromatic carbocycles. The van der Waals surface area contributed by atoms with Gasteiger partial charge in [0, 0.05) is 6.54 Å². The van der Waals surface area contributed by atoms with Gasteiger partial charge < -0.3 is 9.47 Å². The predicted octanol–water partition coefficient (Wildman–Crippen LogP) is 2.58. The van der Waals surface area contributed by atoms with Crippen LogP contribution in [0.4, 0.5) is 0 Å². The van der Waals surface area contributed by atoms with Gasteiger partial charge in [-0.1, -0.05) is 5.92 Å². The van der Waals surface area contributed by atoms with Gasteiger partial charge in [-0.15, -0.1) is 6.42 Å². The lowest BCUT2D eigenvalue weighted by Crippen LogP contribution is -2.23. The molecule has 1 aromatic rings. The minimum Gasteiger partial charge on any atom is -0.493 e. The van der Waals surface area contributed by atoms with Crippen LogP contribution < -0.4 is 14.8 Å². The molecule has 17 heavy (non-hydrogen) atoms. The number of rotatable bonds is 5. The molecular formula is C13H16BrNO2. The van der Waals surface area contributed by atoms with E-state index in [1.807, 2.05) is 19.1 Å². The van der Waals surface area contributed by atoms with Crippen molar-refractivity contribution >= 4 is 15.9 Å². The van der Waals surface area contributed by atoms with Gasteiger partial charge in [0.05, 0.1) is 24.7 Å². The summed E-state index contributed by atoms with van der Waals surface area (Å²) in [5, 5.41) is 3.21. The smallest absolute Gasteiger partial charge is 0.174 e. The molecule has 1 rings (SSSR count). The maximum atomic E-state index is 5.30. The highest BCUT2D eigenvalue weighted by molar-refractivity contribution is 9.10. The normalized spacial score (nSPS) is 11.7. The van der Waals surface area contributed by atoms with Gasteiger partial charge in [-0.25, -0.2) is 0 Å². The van der Waals surface area contributed by atoms with E-state index in [0.29, 0.717) is 18.0 Å². The first-order valence-corrected chi connectivity index (χ1v) is 6.01. The quantitative estimate of drug-likeness (QED) is 0.848. The number of hydrogen-bond acceptors (Lipinski definition) is 3. The summed E-state index contributed by atoms with van der Waals surface area (Å²) in [5.41, 5.74) is 1.08. The van der Waals surface area contributed by atoms with Gasteiger partial charge in [0.2, 0.25) is 0 Å². The van der Waals surface area contributed by atoms with E-state index in [9.17, 15) is 0 Å². The third-order valence-electron chi connectivity index (χ3n) is 2.36. The molecule has 0 aromatic heterocycles. The molecule has 0 saturated carbocycles. The summed E-state index contributed by atoms with van der Waals surface area (Å²) in [6.07, 6.45) is 5.30. The lowest BCUT2D eigenvalue weighted by atomic mass is 10.2. The Morgan fingerprint density at radius 2 is 2.12 bits per heavy atom. The van der Waals surface area contributed by atoms with Gasteiger partial charge in [-0.3, -0.25) is 5.32 Å². The molecule has 0 heterocycles. The van der Waals surface area contributed by atoms with Crippen LogP contribution in [-0.2, 0) is 6.54 Å². The standard InChI is InChI=1S/C13H16BrNO2/c1-5-9(2)15-8-10-6-11(14)13(17-4)12(7-10)16-3/h1,6-7,9,15H,8H2,2-4H3. The summed E-state index contributed by atoms with van der Waals surface area (Å²) < 4.78 is 11.4. The largest absolute Gasteiger partial charge is 0.493 e. The number of halogens is 1. The van der Waals surface area contributed by atoms with Gasteiger partial charge in [-0.2, -0.15) is 0 Å². The number of methoxy groups -OCH3 is 2. The highest BCUT2D eigenvalue weighted by Gasteiger charge is 2.10. The molecule has 3 nitrogen and oxygen atoms in total. The van der Waals surface area contributed by atoms with Crippen molar-refractivity contribution < 1.29 is 9.47 Å². The SMILES string of the molecule is C#CC(C)NCc1cc(Br)c(OC)c(OC)c1. The first kappa shape index (κ1) is 13.9. The minimum absolute atomic E-state index is 0.0434. The van der Waals surface area contributed by atoms with Crippen molar-refractivity contribution in [3.8, 4) is 23.8 Å². The molecule has 0 spiro atoms. The maximum Gasteiger partial charge on any atom is 0.174 e. The molecule has 0 aliphatic carbocycles. The van der Waals surface area contributed by atoms with E-state index in [1.165, 1.54) is 0 Å². The van der Waals surface area contributed by atoms with Crippen molar-refractivity contribution in [2.24, 2.45) is 0 Å². The fraction of sp³-hybridized carbons (Fsp3) is 0.385. The molecule has 1 unspecified atom stereocenters. The van der Waals surface area contributed by atoms with E-state index in [0.717, 1.165) is 10.0 Å². The van der Waals surface area contributed by atoms with Crippen LogP contribution in [0.2, 0.25) is 0 Å². The molecule has 0 saturated heterocycles. The third-order valence-corrected chi connectivity index (χ3v) is 2.94. The van der Waals surface area contributed by atoms with Gasteiger partial charge in [0.1, 0.15) is 0 Å². The second kappa shape index (κ2) is 6.53. The number of benzene rings is 1. The monoisotopic (exact) mass is 297 g/mol. The summed E-state index contributed by atoms with van der Waals surface area (Å²) in [5.74, 6) is 4.02. The fourth-order valence-corrected chi connectivity index (χ4v) is 2.05. The summed E-state index contributed by atoms with van der Waals surface area (Å²) in [6, 6.07) is 3.96. The molecule has 1 N–H and O–H groups in total. The molecule has 0 aliphatic rings. The molecule has 4 heteroatoms. The van der Waals surface area contributed by atoms with Gasteiger partial charge in [0.15, 0.2) is 11.5 Å². The molecule has 0 amide bonds. The Balaban J connectivity index is 2.89. The van der Waals surface area contributed by atoms with Crippen LogP contribution >= 0.6 is 15.9 Å². The van der Waals surface area contributed by atoms with Crippen LogP contribution in [0.15, 0.2) is 16.6 Å². The molecule has 0 aliphatic heterocycles. The van der Waals surface area contributed by atoms with Crippen LogP contribution in [0.25, 0.3) is 0 Å². The second-order valence-electron chi connectivity index (χ2n) is 3.58. The van der Waals surface area contributed by atoms with Crippen LogP contribution in [0, 0.1) is 12.3 Å². The van der Waals surface area contributed by atoms with E-state index in [2.05, 4.69) is 27.2 Å². The van der Waals surface area contributed by atoms with Crippen LogP contribution in [0.5, 0.6) is 11.5 Å². The first-order valence-electron chi connectivity index (χ1n) is 5.22. The molecule has 92 valence electrons. The van der Waals surface area contributed by atoms with E-state index in [-0.39, 0.29) is 6.04 Å². The Morgan fingerprint density at radius 1 is 1.41 bits per heavy atom. The zero-order chi connectivity index (χ0) is 12.8. The van der Waals surface area contributed by atoms with Crippen molar-refractivity contribution in [2.45, 2.75) is 19.5 Å². The topological polar surface area (TPSA) is 30.5 Å². The molecule has 0 bridgehead atoms. The average Bonchev–Trinajstić information content (AvgIpc) is 2.34. The van der Waals surface area contributed by atoms with Gasteiger partial charge in [-0.05, 0) is 40.5 Å². The van der Waals surface area contributed by atoms with E-state index in [4.69, 9.17) is 15.9 Å². The van der Waals surface area contributed by atoms with Gasteiger partial charge in [0.25, 0.3) is 0 Å². The third kappa shape index (κ3) is 3.65. The zero-order valence-corrected chi connectivity index (χ0v) is 11.8. The molecule has 1 atom stereocenters. The maximum absolute atomic E-state index is 5.30. The first-order chi connectivity index (χ1) is 8.12. The van der Waals surface area contributed by atoms with E-state index < -0.39 is 0 Å². The number of terminal acetylenes is 1. The van der Waals surface area contributed by atoms with Crippen molar-refractivity contribution in [1.82, 2.24) is 5.32 Å². The zero-order valence-electron chi connectivity index (χ0n) is 10.2. The Kier molecular flexibility index (Phi) is 5.33. The number of hydrogen-bond donors (Lipinski definition) is 1. The second-order valence-corrected chi connectivity index (χ2v) is 4.44. The highest BCUT2D eigenvalue weighted by Crippen LogP contribution is 2.36. The predicted molar refractivity (Wildman–Crippen MR) is 72.4 cm³/mol. The van der Waals surface area contributed by atoms with Crippen molar-refractivity contribution in [3.05, 3.63) is 22.2 Å². The Hall–Kier alpha value is -1.18. The van der Waals surface area contributed by atoms with Crippen LogP contribution in [0.1, 0.15) is 12.5 Å². The molecule has 0 radical (unpaired) electrons. The lowest BCUT2D eigenvalue weighted by molar-refractivity contribution is 0.352. The summed E-state index contributed by atoms with van der Waals surface area (Å²) in [6.45, 7) is 2.63. The fourth-order valence-electron chi connectivity index (χ4n) is 1.40. The van der Waals surface area contributed by atoms with Crippen LogP contribution in [-0.4, -0.2) is 20.3 Å². The van der Waals surface area contributed by atoms with E-state index >= 15 is 0 Å². The van der Waals surface area contributed by atoms with E-state index in [1.54, 1.807) is 14.2 Å². The minimum atomic E-state index is 0.0434. The lowest BCUT2D eigenvalue weighted by Gasteiger charge is -2.13.